The first kappa shape index (κ1) is 20.5. The number of anilines is 2. The first-order chi connectivity index (χ1) is 14.4. The molecule has 4 rings (SSSR count). The zero-order valence-electron chi connectivity index (χ0n) is 15.8. The van der Waals surface area contributed by atoms with Crippen LogP contribution in [-0.4, -0.2) is 21.3 Å². The van der Waals surface area contributed by atoms with Crippen molar-refractivity contribution in [2.45, 2.75) is 6.54 Å². The topological polar surface area (TPSA) is 75.7 Å². The zero-order valence-corrected chi connectivity index (χ0v) is 18.2. The van der Waals surface area contributed by atoms with E-state index in [2.05, 4.69) is 5.32 Å². The Morgan fingerprint density at radius 2 is 1.93 bits per heavy atom. The molecule has 0 saturated heterocycles. The minimum Gasteiger partial charge on any atom is -0.497 e. The maximum atomic E-state index is 13.4. The third-order valence-electron chi connectivity index (χ3n) is 4.59. The summed E-state index contributed by atoms with van der Waals surface area (Å²) < 4.78 is 33.1. The van der Waals surface area contributed by atoms with Crippen molar-refractivity contribution in [3.05, 3.63) is 86.5 Å². The molecule has 0 saturated carbocycles. The molecule has 30 heavy (non-hydrogen) atoms. The van der Waals surface area contributed by atoms with Crippen LogP contribution in [0.5, 0.6) is 5.75 Å². The van der Waals surface area contributed by atoms with E-state index in [1.807, 2.05) is 0 Å². The van der Waals surface area contributed by atoms with Crippen LogP contribution in [0.2, 0.25) is 5.02 Å². The van der Waals surface area contributed by atoms with E-state index in [0.29, 0.717) is 27.0 Å². The highest BCUT2D eigenvalue weighted by molar-refractivity contribution is 7.97. The Morgan fingerprint density at radius 3 is 2.67 bits per heavy atom. The first-order valence-electron chi connectivity index (χ1n) is 8.90. The molecule has 0 spiro atoms. The second kappa shape index (κ2) is 8.14. The molecule has 0 atom stereocenters. The van der Waals surface area contributed by atoms with Crippen molar-refractivity contribution in [2.24, 2.45) is 0 Å². The van der Waals surface area contributed by atoms with Crippen molar-refractivity contribution in [2.75, 3.05) is 16.7 Å². The summed E-state index contributed by atoms with van der Waals surface area (Å²) in [4.78, 5) is 13.0. The molecule has 3 aromatic rings. The van der Waals surface area contributed by atoms with Gasteiger partial charge in [-0.05, 0) is 41.3 Å². The number of rotatable bonds is 5. The number of sulfonamides is 1. The number of nitrogens with one attached hydrogen (secondary N) is 1. The van der Waals surface area contributed by atoms with Gasteiger partial charge in [0.1, 0.15) is 10.6 Å². The Kier molecular flexibility index (Phi) is 5.55. The van der Waals surface area contributed by atoms with E-state index >= 15 is 0 Å². The van der Waals surface area contributed by atoms with Crippen molar-refractivity contribution in [1.82, 2.24) is 0 Å². The molecule has 154 valence electrons. The molecule has 0 fully saturated rings. The number of allylic oxidation sites excluding steroid dienone is 1. The van der Waals surface area contributed by atoms with Crippen LogP contribution in [0, 0.1) is 0 Å². The molecule has 0 amide bonds. The number of thiophene rings is 1. The van der Waals surface area contributed by atoms with Crippen LogP contribution in [0.25, 0.3) is 0 Å². The maximum Gasteiger partial charge on any atom is 0.270 e. The molecule has 2 heterocycles. The number of hydrogen-bond donors (Lipinski definition) is 1. The largest absolute Gasteiger partial charge is 0.497 e. The number of hydrogen-bond acceptors (Lipinski definition) is 6. The lowest BCUT2D eigenvalue weighted by molar-refractivity contribution is 0.104. The van der Waals surface area contributed by atoms with Crippen LogP contribution in [0.3, 0.4) is 0 Å². The fraction of sp³-hybridized carbons (Fsp3) is 0.0952. The number of ether oxygens (including phenoxy) is 1. The number of halogens is 1. The monoisotopic (exact) mass is 460 g/mol. The second-order valence-corrected chi connectivity index (χ2v) is 9.67. The summed E-state index contributed by atoms with van der Waals surface area (Å²) in [5.41, 5.74) is 1.75. The number of benzene rings is 2. The van der Waals surface area contributed by atoms with Gasteiger partial charge in [0, 0.05) is 23.0 Å². The van der Waals surface area contributed by atoms with Gasteiger partial charge < -0.3 is 10.1 Å². The van der Waals surface area contributed by atoms with Crippen LogP contribution < -0.4 is 14.4 Å². The molecule has 6 nitrogen and oxygen atoms in total. The minimum absolute atomic E-state index is 0.0903. The van der Waals surface area contributed by atoms with Crippen molar-refractivity contribution < 1.29 is 17.9 Å². The Morgan fingerprint density at radius 1 is 1.17 bits per heavy atom. The average molecular weight is 461 g/mol. The molecule has 1 aliphatic rings. The van der Waals surface area contributed by atoms with Gasteiger partial charge in [-0.25, -0.2) is 8.42 Å². The summed E-state index contributed by atoms with van der Waals surface area (Å²) in [6.07, 6.45) is 1.24. The number of carbonyl (C=O) groups excluding carboxylic acids is 1. The van der Waals surface area contributed by atoms with Gasteiger partial charge in [0.25, 0.3) is 10.0 Å². The Balaban J connectivity index is 1.72. The van der Waals surface area contributed by atoms with Gasteiger partial charge in [-0.15, -0.1) is 11.3 Å². The molecule has 1 aliphatic heterocycles. The quantitative estimate of drug-likeness (QED) is 0.548. The lowest BCUT2D eigenvalue weighted by atomic mass is 10.2. The maximum absolute atomic E-state index is 13.4. The molecule has 0 bridgehead atoms. The van der Waals surface area contributed by atoms with Gasteiger partial charge in [-0.2, -0.15) is 0 Å². The fourth-order valence-electron chi connectivity index (χ4n) is 3.07. The van der Waals surface area contributed by atoms with Crippen LogP contribution in [0.1, 0.15) is 15.2 Å². The van der Waals surface area contributed by atoms with E-state index in [-0.39, 0.29) is 11.4 Å². The van der Waals surface area contributed by atoms with Crippen molar-refractivity contribution in [3.63, 3.8) is 0 Å². The van der Waals surface area contributed by atoms with Gasteiger partial charge in [-0.3, -0.25) is 9.10 Å². The fourth-order valence-corrected chi connectivity index (χ4v) is 5.68. The van der Waals surface area contributed by atoms with Gasteiger partial charge in [0.15, 0.2) is 4.91 Å². The molecule has 0 aliphatic carbocycles. The lowest BCUT2D eigenvalue weighted by Crippen LogP contribution is -2.38. The van der Waals surface area contributed by atoms with Gasteiger partial charge in [0.05, 0.1) is 19.3 Å². The Labute approximate surface area is 183 Å². The van der Waals surface area contributed by atoms with Crippen molar-refractivity contribution >= 4 is 50.1 Å². The number of carbonyl (C=O) groups is 1. The van der Waals surface area contributed by atoms with Gasteiger partial charge in [-0.1, -0.05) is 29.8 Å². The number of Topliss-reactive ketones (excluding diaryl/α,β-unsaturated/α-hetero) is 1. The number of nitrogens with zero attached hydrogens (tertiary/aromatic N) is 1. The molecule has 0 radical (unpaired) electrons. The SMILES string of the molecule is COc1cccc(N/C=C2/C(=O)c3sccc3N(Cc3ccc(Cl)cc3)S2(=O)=O)c1. The summed E-state index contributed by atoms with van der Waals surface area (Å²) in [7, 11) is -2.52. The van der Waals surface area contributed by atoms with Crippen LogP contribution in [-0.2, 0) is 16.6 Å². The van der Waals surface area contributed by atoms with Gasteiger partial charge >= 0.3 is 0 Å². The first-order valence-corrected chi connectivity index (χ1v) is 11.6. The molecule has 1 aromatic heterocycles. The van der Waals surface area contributed by atoms with Crippen LogP contribution in [0.15, 0.2) is 71.1 Å². The lowest BCUT2D eigenvalue weighted by Gasteiger charge is -2.29. The van der Waals surface area contributed by atoms with Gasteiger partial charge in [0.2, 0.25) is 5.78 Å². The third-order valence-corrected chi connectivity index (χ3v) is 7.51. The van der Waals surface area contributed by atoms with Crippen LogP contribution >= 0.6 is 22.9 Å². The van der Waals surface area contributed by atoms with E-state index in [1.165, 1.54) is 21.8 Å². The molecule has 1 N–H and O–H groups in total. The highest BCUT2D eigenvalue weighted by atomic mass is 35.5. The number of fused-ring (bicyclic) bond motifs is 1. The second-order valence-electron chi connectivity index (χ2n) is 6.49. The summed E-state index contributed by atoms with van der Waals surface area (Å²) in [5, 5.41) is 5.19. The Hall–Kier alpha value is -2.81. The van der Waals surface area contributed by atoms with E-state index in [9.17, 15) is 13.2 Å². The number of methoxy groups -OCH3 is 1. The number of ketones is 1. The molecule has 2 aromatic carbocycles. The molecular weight excluding hydrogens is 444 g/mol. The van der Waals surface area contributed by atoms with Crippen molar-refractivity contribution in [3.8, 4) is 5.75 Å². The predicted octanol–water partition coefficient (Wildman–Crippen LogP) is 4.90. The van der Waals surface area contributed by atoms with E-state index in [0.717, 1.165) is 5.56 Å². The molecular formula is C21H17ClN2O4S2. The standard InChI is InChI=1S/C21H17ClN2O4S2/c1-28-17-4-2-3-16(11-17)23-12-19-20(25)21-18(9-10-29-21)24(30(19,26)27)13-14-5-7-15(22)8-6-14/h2-12,23H,13H2,1H3/b19-12-. The summed E-state index contributed by atoms with van der Waals surface area (Å²) in [6.45, 7) is 0.0903. The minimum atomic E-state index is -4.07. The van der Waals surface area contributed by atoms with E-state index in [1.54, 1.807) is 67.1 Å². The Bertz CT molecular complexity index is 1230. The van der Waals surface area contributed by atoms with E-state index < -0.39 is 15.8 Å². The molecule has 0 unspecified atom stereocenters. The highest BCUT2D eigenvalue weighted by Gasteiger charge is 2.41. The highest BCUT2D eigenvalue weighted by Crippen LogP contribution is 2.39. The normalized spacial score (nSPS) is 16.4. The smallest absolute Gasteiger partial charge is 0.270 e. The summed E-state index contributed by atoms with van der Waals surface area (Å²) >= 11 is 7.15. The summed E-state index contributed by atoms with van der Waals surface area (Å²) in [6, 6.07) is 15.6. The zero-order chi connectivity index (χ0) is 21.3. The van der Waals surface area contributed by atoms with Crippen molar-refractivity contribution in [1.29, 1.82) is 0 Å². The molecule has 9 heteroatoms. The third kappa shape index (κ3) is 3.81. The van der Waals surface area contributed by atoms with Crippen LogP contribution in [0.4, 0.5) is 11.4 Å². The van der Waals surface area contributed by atoms with E-state index in [4.69, 9.17) is 16.3 Å². The predicted molar refractivity (Wildman–Crippen MR) is 120 cm³/mol. The summed E-state index contributed by atoms with van der Waals surface area (Å²) in [5.74, 6) is 0.0869. The average Bonchev–Trinajstić information content (AvgIpc) is 3.22.